The summed E-state index contributed by atoms with van der Waals surface area (Å²) < 4.78 is -1.32. The number of hydrogen-bond acceptors (Lipinski definition) is 3. The van der Waals surface area contributed by atoms with E-state index < -0.39 is 28.0 Å². The molecule has 35 heavy (non-hydrogen) atoms. The summed E-state index contributed by atoms with van der Waals surface area (Å²) in [6.07, 6.45) is 3.29. The van der Waals surface area contributed by atoms with Gasteiger partial charge in [-0.25, -0.2) is 4.98 Å². The topological polar surface area (TPSA) is 86.9 Å². The van der Waals surface area contributed by atoms with Crippen molar-refractivity contribution < 1.29 is 9.59 Å². The Balaban J connectivity index is 1.33. The van der Waals surface area contributed by atoms with E-state index >= 15 is 0 Å². The molecule has 1 saturated carbocycles. The molecule has 4 aromatic rings. The van der Waals surface area contributed by atoms with Gasteiger partial charge < -0.3 is 15.6 Å². The fourth-order valence-corrected chi connectivity index (χ4v) is 5.60. The van der Waals surface area contributed by atoms with Crippen LogP contribution in [0.5, 0.6) is 0 Å². The van der Waals surface area contributed by atoms with Crippen molar-refractivity contribution in [1.29, 1.82) is 0 Å². The maximum atomic E-state index is 13.0. The molecule has 0 saturated heterocycles. The van der Waals surface area contributed by atoms with E-state index in [0.29, 0.717) is 32.6 Å². The standard InChI is InChI=1S/C24H15Cl5N4O2/c25-13-5-12(6-14(26)8-13)19-20(24(19,28)29)23(35)32-15-1-2-18(27)17(9-15)22(34)33-16-7-11-3-4-30-21(11)31-10-16/h1-10,19-20H,(H,30,31)(H,32,35)(H,33,34)/t19-,20+/m0/s1. The normalized spacial score (nSPS) is 18.3. The Morgan fingerprint density at radius 2 is 1.66 bits per heavy atom. The molecular weight excluding hydrogens is 554 g/mol. The molecule has 0 aliphatic heterocycles. The molecule has 3 N–H and O–H groups in total. The molecule has 1 aliphatic carbocycles. The van der Waals surface area contributed by atoms with Crippen LogP contribution in [0.4, 0.5) is 11.4 Å². The summed E-state index contributed by atoms with van der Waals surface area (Å²) in [5.41, 5.74) is 2.41. The molecular formula is C24H15Cl5N4O2. The molecule has 5 rings (SSSR count). The van der Waals surface area contributed by atoms with Gasteiger partial charge in [0.2, 0.25) is 5.91 Å². The van der Waals surface area contributed by atoms with Crippen LogP contribution in [0.1, 0.15) is 21.8 Å². The second kappa shape index (κ2) is 9.19. The number of nitrogens with zero attached hydrogens (tertiary/aromatic N) is 1. The quantitative estimate of drug-likeness (QED) is 0.221. The van der Waals surface area contributed by atoms with E-state index in [2.05, 4.69) is 20.6 Å². The Bertz CT molecular complexity index is 1470. The predicted molar refractivity (Wildman–Crippen MR) is 141 cm³/mol. The minimum atomic E-state index is -1.32. The van der Waals surface area contributed by atoms with Gasteiger partial charge in [-0.2, -0.15) is 0 Å². The first-order valence-electron chi connectivity index (χ1n) is 10.3. The highest BCUT2D eigenvalue weighted by Gasteiger charge is 2.67. The second-order valence-electron chi connectivity index (χ2n) is 8.11. The van der Waals surface area contributed by atoms with Crippen LogP contribution in [0.25, 0.3) is 11.0 Å². The van der Waals surface area contributed by atoms with Gasteiger partial charge in [-0.05, 0) is 54.1 Å². The van der Waals surface area contributed by atoms with Gasteiger partial charge in [0.1, 0.15) is 9.98 Å². The van der Waals surface area contributed by atoms with Crippen LogP contribution in [-0.4, -0.2) is 26.1 Å². The van der Waals surface area contributed by atoms with E-state index in [9.17, 15) is 9.59 Å². The van der Waals surface area contributed by atoms with Gasteiger partial charge in [-0.3, -0.25) is 9.59 Å². The molecule has 2 amide bonds. The molecule has 2 heterocycles. The van der Waals surface area contributed by atoms with Gasteiger partial charge in [0.25, 0.3) is 5.91 Å². The van der Waals surface area contributed by atoms with Crippen LogP contribution >= 0.6 is 58.0 Å². The predicted octanol–water partition coefficient (Wildman–Crippen LogP) is 7.30. The number of hydrogen-bond donors (Lipinski definition) is 3. The first kappa shape index (κ1) is 24.2. The van der Waals surface area contributed by atoms with Crippen molar-refractivity contribution in [3.8, 4) is 0 Å². The number of halogens is 5. The van der Waals surface area contributed by atoms with Crippen molar-refractivity contribution in [2.75, 3.05) is 10.6 Å². The lowest BCUT2D eigenvalue weighted by atomic mass is 10.1. The first-order valence-corrected chi connectivity index (χ1v) is 12.2. The Morgan fingerprint density at radius 1 is 0.914 bits per heavy atom. The van der Waals surface area contributed by atoms with Crippen molar-refractivity contribution in [3.63, 3.8) is 0 Å². The molecule has 2 atom stereocenters. The molecule has 178 valence electrons. The minimum Gasteiger partial charge on any atom is -0.346 e. The number of aromatic nitrogens is 2. The highest BCUT2D eigenvalue weighted by atomic mass is 35.5. The molecule has 0 unspecified atom stereocenters. The largest absolute Gasteiger partial charge is 0.346 e. The third-order valence-corrected chi connectivity index (χ3v) is 7.42. The first-order chi connectivity index (χ1) is 16.6. The van der Waals surface area contributed by atoms with Crippen molar-refractivity contribution in [2.45, 2.75) is 10.3 Å². The van der Waals surface area contributed by atoms with Gasteiger partial charge in [-0.15, -0.1) is 23.2 Å². The van der Waals surface area contributed by atoms with Crippen LogP contribution in [0, 0.1) is 5.92 Å². The Kier molecular flexibility index (Phi) is 6.36. The number of rotatable bonds is 5. The number of aromatic amines is 1. The van der Waals surface area contributed by atoms with Crippen LogP contribution in [0.2, 0.25) is 15.1 Å². The molecule has 2 aromatic heterocycles. The molecule has 2 aromatic carbocycles. The number of carbonyl (C=O) groups is 2. The highest BCUT2D eigenvalue weighted by Crippen LogP contribution is 2.65. The van der Waals surface area contributed by atoms with Crippen LogP contribution < -0.4 is 10.6 Å². The molecule has 6 nitrogen and oxygen atoms in total. The average molecular weight is 569 g/mol. The number of fused-ring (bicyclic) bond motifs is 1. The zero-order valence-corrected chi connectivity index (χ0v) is 21.4. The summed E-state index contributed by atoms with van der Waals surface area (Å²) >= 11 is 31.3. The smallest absolute Gasteiger partial charge is 0.257 e. The van der Waals surface area contributed by atoms with Crippen molar-refractivity contribution in [1.82, 2.24) is 9.97 Å². The Labute approximate surface area is 224 Å². The van der Waals surface area contributed by atoms with Crippen molar-refractivity contribution in [2.24, 2.45) is 5.92 Å². The van der Waals surface area contributed by atoms with Gasteiger partial charge in [-0.1, -0.05) is 34.8 Å². The number of amides is 2. The molecule has 0 radical (unpaired) electrons. The molecule has 0 spiro atoms. The maximum absolute atomic E-state index is 13.0. The lowest BCUT2D eigenvalue weighted by molar-refractivity contribution is -0.117. The van der Waals surface area contributed by atoms with Gasteiger partial charge in [0, 0.05) is 33.2 Å². The zero-order valence-electron chi connectivity index (χ0n) is 17.6. The van der Waals surface area contributed by atoms with Crippen LogP contribution in [-0.2, 0) is 4.79 Å². The number of nitrogens with one attached hydrogen (secondary N) is 3. The Hall–Kier alpha value is -2.48. The minimum absolute atomic E-state index is 0.176. The van der Waals surface area contributed by atoms with Gasteiger partial charge in [0.15, 0.2) is 0 Å². The zero-order chi connectivity index (χ0) is 24.9. The summed E-state index contributed by atoms with van der Waals surface area (Å²) in [4.78, 5) is 33.1. The fourth-order valence-electron chi connectivity index (χ4n) is 4.03. The lowest BCUT2D eigenvalue weighted by Gasteiger charge is -2.10. The molecule has 1 fully saturated rings. The van der Waals surface area contributed by atoms with Crippen LogP contribution in [0.3, 0.4) is 0 Å². The van der Waals surface area contributed by atoms with Crippen LogP contribution in [0.15, 0.2) is 60.9 Å². The Morgan fingerprint density at radius 3 is 2.40 bits per heavy atom. The van der Waals surface area contributed by atoms with Crippen molar-refractivity contribution >= 4 is 92.2 Å². The maximum Gasteiger partial charge on any atom is 0.257 e. The average Bonchev–Trinajstić information content (AvgIpc) is 3.11. The number of anilines is 2. The molecule has 0 bridgehead atoms. The van der Waals surface area contributed by atoms with Crippen molar-refractivity contribution in [3.05, 3.63) is 87.1 Å². The van der Waals surface area contributed by atoms with E-state index in [1.54, 1.807) is 36.5 Å². The monoisotopic (exact) mass is 566 g/mol. The lowest BCUT2D eigenvalue weighted by Crippen LogP contribution is -2.18. The summed E-state index contributed by atoms with van der Waals surface area (Å²) in [5.74, 6) is -2.10. The van der Waals surface area contributed by atoms with E-state index in [0.717, 1.165) is 5.39 Å². The SMILES string of the molecule is O=C(Nc1cnc2[nH]ccc2c1)c1cc(NC(=O)[C@H]2[C@H](c3cc(Cl)cc(Cl)c3)C2(Cl)Cl)ccc1Cl. The molecule has 11 heteroatoms. The van der Waals surface area contributed by atoms with E-state index in [4.69, 9.17) is 58.0 Å². The van der Waals surface area contributed by atoms with E-state index in [-0.39, 0.29) is 10.6 Å². The summed E-state index contributed by atoms with van der Waals surface area (Å²) in [7, 11) is 0. The second-order valence-corrected chi connectivity index (χ2v) is 10.8. The number of pyridine rings is 1. The fraction of sp³-hybridized carbons (Fsp3) is 0.125. The van der Waals surface area contributed by atoms with Gasteiger partial charge >= 0.3 is 0 Å². The summed E-state index contributed by atoms with van der Waals surface area (Å²) in [6.45, 7) is 0. The third-order valence-electron chi connectivity index (χ3n) is 5.72. The van der Waals surface area contributed by atoms with E-state index in [1.165, 1.54) is 18.3 Å². The number of benzene rings is 2. The third kappa shape index (κ3) is 4.82. The number of H-pyrrole nitrogens is 1. The molecule has 1 aliphatic rings. The number of alkyl halides is 2. The number of carbonyl (C=O) groups excluding carboxylic acids is 2. The van der Waals surface area contributed by atoms with E-state index in [1.807, 2.05) is 6.07 Å². The summed E-state index contributed by atoms with van der Waals surface area (Å²) in [5, 5.41) is 7.44. The van der Waals surface area contributed by atoms with Gasteiger partial charge in [0.05, 0.1) is 28.4 Å². The highest BCUT2D eigenvalue weighted by molar-refractivity contribution is 6.53. The summed E-state index contributed by atoms with van der Waals surface area (Å²) in [6, 6.07) is 13.2.